The molecule has 2 heterocycles. The average Bonchev–Trinajstić information content (AvgIpc) is 3.35. The Morgan fingerprint density at radius 2 is 1.65 bits per heavy atom. The smallest absolute Gasteiger partial charge is 0.266 e. The zero-order valence-corrected chi connectivity index (χ0v) is 16.8. The summed E-state index contributed by atoms with van der Waals surface area (Å²) in [5, 5.41) is 11.9. The maximum atomic E-state index is 13.4. The predicted octanol–water partition coefficient (Wildman–Crippen LogP) is 5.04. The molecule has 0 saturated heterocycles. The monoisotopic (exact) mass is 426 g/mol. The molecule has 0 fully saturated rings. The minimum Gasteiger partial charge on any atom is -0.266 e. The molecule has 5 rings (SSSR count). The van der Waals surface area contributed by atoms with E-state index in [0.717, 1.165) is 15.8 Å². The van der Waals surface area contributed by atoms with Crippen molar-refractivity contribution in [2.75, 3.05) is 4.90 Å². The standard InChI is InChI=1S/C23H14N4O3S/c28-22-18(14-16-10-4-6-12-19(16)27(29)30)24-21(15-8-2-1-3-9-15)26(22)23-25-17-11-5-7-13-20(17)31-23/h1-14H. The highest BCUT2D eigenvalue weighted by Gasteiger charge is 2.35. The van der Waals surface area contributed by atoms with Gasteiger partial charge in [0.05, 0.1) is 20.7 Å². The summed E-state index contributed by atoms with van der Waals surface area (Å²) in [5.41, 5.74) is 1.89. The van der Waals surface area contributed by atoms with Gasteiger partial charge in [0.25, 0.3) is 11.6 Å². The average molecular weight is 426 g/mol. The predicted molar refractivity (Wildman–Crippen MR) is 121 cm³/mol. The number of aromatic nitrogens is 1. The fourth-order valence-electron chi connectivity index (χ4n) is 3.35. The van der Waals surface area contributed by atoms with Gasteiger partial charge in [-0.2, -0.15) is 0 Å². The molecule has 4 aromatic rings. The first-order valence-electron chi connectivity index (χ1n) is 9.41. The third-order valence-electron chi connectivity index (χ3n) is 4.79. The van der Waals surface area contributed by atoms with Crippen LogP contribution in [0.25, 0.3) is 16.3 Å². The Kier molecular flexibility index (Phi) is 4.61. The second kappa shape index (κ2) is 7.58. The number of amides is 1. The van der Waals surface area contributed by atoms with Crippen molar-refractivity contribution in [2.24, 2.45) is 4.99 Å². The first-order chi connectivity index (χ1) is 15.1. The van der Waals surface area contributed by atoms with Gasteiger partial charge in [0.15, 0.2) is 5.13 Å². The van der Waals surface area contributed by atoms with Crippen molar-refractivity contribution < 1.29 is 9.72 Å². The molecular formula is C23H14N4O3S. The van der Waals surface area contributed by atoms with E-state index in [0.29, 0.717) is 16.5 Å². The number of thiazole rings is 1. The van der Waals surface area contributed by atoms with E-state index >= 15 is 0 Å². The van der Waals surface area contributed by atoms with Gasteiger partial charge in [-0.25, -0.2) is 14.9 Å². The number of para-hydroxylation sites is 2. The van der Waals surface area contributed by atoms with Crippen LogP contribution in [0.2, 0.25) is 0 Å². The highest BCUT2D eigenvalue weighted by molar-refractivity contribution is 7.22. The maximum Gasteiger partial charge on any atom is 0.284 e. The summed E-state index contributed by atoms with van der Waals surface area (Å²) >= 11 is 1.39. The summed E-state index contributed by atoms with van der Waals surface area (Å²) in [6, 6.07) is 23.2. The number of hydrogen-bond donors (Lipinski definition) is 0. The molecule has 0 N–H and O–H groups in total. The van der Waals surface area contributed by atoms with E-state index < -0.39 is 4.92 Å². The Balaban J connectivity index is 1.66. The van der Waals surface area contributed by atoms with E-state index in [4.69, 9.17) is 0 Å². The van der Waals surface area contributed by atoms with Crippen LogP contribution in [0.1, 0.15) is 11.1 Å². The van der Waals surface area contributed by atoms with E-state index in [1.807, 2.05) is 54.6 Å². The Labute approximate surface area is 180 Å². The van der Waals surface area contributed by atoms with Gasteiger partial charge in [-0.05, 0) is 24.3 Å². The lowest BCUT2D eigenvalue weighted by Gasteiger charge is -2.14. The number of rotatable bonds is 4. The number of nitro groups is 1. The van der Waals surface area contributed by atoms with Crippen molar-refractivity contribution in [3.63, 3.8) is 0 Å². The van der Waals surface area contributed by atoms with Crippen LogP contribution in [-0.2, 0) is 4.79 Å². The zero-order valence-electron chi connectivity index (χ0n) is 16.0. The molecule has 150 valence electrons. The quantitative estimate of drug-likeness (QED) is 0.260. The number of anilines is 1. The number of aliphatic imine (C=N–C) groups is 1. The number of benzene rings is 3. The van der Waals surface area contributed by atoms with Gasteiger partial charge in [-0.3, -0.25) is 14.9 Å². The van der Waals surface area contributed by atoms with Gasteiger partial charge in [-0.15, -0.1) is 0 Å². The van der Waals surface area contributed by atoms with Gasteiger partial charge in [0, 0.05) is 11.6 Å². The van der Waals surface area contributed by atoms with E-state index in [2.05, 4.69) is 9.98 Å². The van der Waals surface area contributed by atoms with E-state index in [1.54, 1.807) is 18.2 Å². The van der Waals surface area contributed by atoms with Gasteiger partial charge in [0.2, 0.25) is 0 Å². The Bertz CT molecular complexity index is 1360. The number of carbonyl (C=O) groups is 1. The Morgan fingerprint density at radius 1 is 0.935 bits per heavy atom. The molecule has 3 aromatic carbocycles. The number of fused-ring (bicyclic) bond motifs is 1. The van der Waals surface area contributed by atoms with Crippen LogP contribution in [0.3, 0.4) is 0 Å². The number of nitrogens with zero attached hydrogens (tertiary/aromatic N) is 4. The highest BCUT2D eigenvalue weighted by Crippen LogP contribution is 2.34. The molecule has 31 heavy (non-hydrogen) atoms. The topological polar surface area (TPSA) is 88.7 Å². The molecule has 1 aliphatic heterocycles. The first kappa shape index (κ1) is 18.8. The van der Waals surface area contributed by atoms with E-state index in [-0.39, 0.29) is 17.3 Å². The molecule has 8 heteroatoms. The second-order valence-electron chi connectivity index (χ2n) is 6.75. The van der Waals surface area contributed by atoms with Crippen molar-refractivity contribution in [3.05, 3.63) is 106 Å². The molecule has 7 nitrogen and oxygen atoms in total. The first-order valence-corrected chi connectivity index (χ1v) is 10.2. The van der Waals surface area contributed by atoms with Crippen molar-refractivity contribution in [1.29, 1.82) is 0 Å². The largest absolute Gasteiger partial charge is 0.284 e. The second-order valence-corrected chi connectivity index (χ2v) is 7.76. The van der Waals surface area contributed by atoms with Crippen LogP contribution < -0.4 is 4.90 Å². The fourth-order valence-corrected chi connectivity index (χ4v) is 4.32. The number of hydrogen-bond acceptors (Lipinski definition) is 6. The third kappa shape index (κ3) is 3.38. The summed E-state index contributed by atoms with van der Waals surface area (Å²) in [6.45, 7) is 0. The Morgan fingerprint density at radius 3 is 2.42 bits per heavy atom. The molecule has 0 radical (unpaired) electrons. The summed E-state index contributed by atoms with van der Waals surface area (Å²) in [5.74, 6) is 0.0607. The normalized spacial score (nSPS) is 15.0. The van der Waals surface area contributed by atoms with E-state index in [1.165, 1.54) is 28.4 Å². The lowest BCUT2D eigenvalue weighted by Crippen LogP contribution is -2.32. The van der Waals surface area contributed by atoms with Gasteiger partial charge >= 0.3 is 0 Å². The highest BCUT2D eigenvalue weighted by atomic mass is 32.1. The van der Waals surface area contributed by atoms with Crippen molar-refractivity contribution in [3.8, 4) is 0 Å². The molecule has 0 unspecified atom stereocenters. The molecule has 0 spiro atoms. The molecule has 0 atom stereocenters. The lowest BCUT2D eigenvalue weighted by atomic mass is 10.1. The minimum atomic E-state index is -0.473. The summed E-state index contributed by atoms with van der Waals surface area (Å²) in [6.07, 6.45) is 1.46. The summed E-state index contributed by atoms with van der Waals surface area (Å²) in [4.78, 5) is 35.0. The van der Waals surface area contributed by atoms with Crippen molar-refractivity contribution in [1.82, 2.24) is 4.98 Å². The fraction of sp³-hybridized carbons (Fsp3) is 0. The van der Waals surface area contributed by atoms with Gasteiger partial charge in [-0.1, -0.05) is 65.9 Å². The molecule has 1 aliphatic rings. The van der Waals surface area contributed by atoms with Crippen LogP contribution in [0.15, 0.2) is 89.6 Å². The number of amidine groups is 1. The molecule has 0 bridgehead atoms. The van der Waals surface area contributed by atoms with Crippen molar-refractivity contribution in [2.45, 2.75) is 0 Å². The summed E-state index contributed by atoms with van der Waals surface area (Å²) < 4.78 is 0.953. The van der Waals surface area contributed by atoms with Crippen LogP contribution in [-0.4, -0.2) is 21.7 Å². The van der Waals surface area contributed by atoms with Crippen LogP contribution in [0.4, 0.5) is 10.8 Å². The van der Waals surface area contributed by atoms with Crippen LogP contribution >= 0.6 is 11.3 Å². The van der Waals surface area contributed by atoms with Gasteiger partial charge < -0.3 is 0 Å². The molecule has 1 aromatic heterocycles. The Hall–Kier alpha value is -4.17. The number of carbonyl (C=O) groups excluding carboxylic acids is 1. The molecule has 0 aliphatic carbocycles. The van der Waals surface area contributed by atoms with Crippen LogP contribution in [0.5, 0.6) is 0 Å². The SMILES string of the molecule is O=C1C(=Cc2ccccc2[N+](=O)[O-])N=C(c2ccccc2)N1c1nc2ccccc2s1. The van der Waals surface area contributed by atoms with E-state index in [9.17, 15) is 14.9 Å². The van der Waals surface area contributed by atoms with Crippen molar-refractivity contribution >= 4 is 50.2 Å². The molecule has 0 saturated carbocycles. The zero-order chi connectivity index (χ0) is 21.4. The molecular weight excluding hydrogens is 412 g/mol. The third-order valence-corrected chi connectivity index (χ3v) is 5.81. The molecule has 1 amide bonds. The van der Waals surface area contributed by atoms with Crippen LogP contribution in [0, 0.1) is 10.1 Å². The minimum absolute atomic E-state index is 0.0855. The number of nitro benzene ring substituents is 1. The summed E-state index contributed by atoms with van der Waals surface area (Å²) in [7, 11) is 0. The lowest BCUT2D eigenvalue weighted by molar-refractivity contribution is -0.385. The van der Waals surface area contributed by atoms with Gasteiger partial charge in [0.1, 0.15) is 11.5 Å². The maximum absolute atomic E-state index is 13.4.